The highest BCUT2D eigenvalue weighted by Crippen LogP contribution is 2.44. The van der Waals surface area contributed by atoms with Crippen molar-refractivity contribution >= 4 is 53.4 Å². The lowest BCUT2D eigenvalue weighted by molar-refractivity contribution is 0.670. The zero-order valence-electron chi connectivity index (χ0n) is 23.4. The summed E-state index contributed by atoms with van der Waals surface area (Å²) in [6, 6.07) is 47.9. The van der Waals surface area contributed by atoms with E-state index in [1.807, 2.05) is 78.1 Å². The quantitative estimate of drug-likeness (QED) is 0.207. The van der Waals surface area contributed by atoms with Crippen molar-refractivity contribution in [3.8, 4) is 45.3 Å². The number of hydrogen-bond donors (Lipinski definition) is 0. The summed E-state index contributed by atoms with van der Waals surface area (Å²) in [5.41, 5.74) is 6.58. The maximum absolute atomic E-state index is 6.84. The van der Waals surface area contributed by atoms with Gasteiger partial charge in [0.15, 0.2) is 17.5 Å². The lowest BCUT2D eigenvalue weighted by Crippen LogP contribution is -2.00. The van der Waals surface area contributed by atoms with Crippen LogP contribution < -0.4 is 0 Å². The number of furan rings is 1. The number of fused-ring (bicyclic) bond motifs is 6. The topological polar surface area (TPSA) is 51.8 Å². The van der Waals surface area contributed by atoms with Crippen molar-refractivity contribution in [3.63, 3.8) is 0 Å². The van der Waals surface area contributed by atoms with E-state index in [0.717, 1.165) is 44.2 Å². The molecule has 0 aliphatic rings. The molecule has 0 unspecified atom stereocenters. The van der Waals surface area contributed by atoms with Gasteiger partial charge in [0.1, 0.15) is 11.2 Å². The Morgan fingerprint density at radius 1 is 0.386 bits per heavy atom. The minimum absolute atomic E-state index is 0.579. The van der Waals surface area contributed by atoms with Gasteiger partial charge in [0.2, 0.25) is 0 Å². The molecule has 0 saturated heterocycles. The van der Waals surface area contributed by atoms with E-state index >= 15 is 0 Å². The highest BCUT2D eigenvalue weighted by Gasteiger charge is 2.20. The largest absolute Gasteiger partial charge is 0.455 e. The molecule has 0 N–H and O–H groups in total. The van der Waals surface area contributed by atoms with Gasteiger partial charge in [-0.05, 0) is 12.1 Å². The predicted octanol–water partition coefficient (Wildman–Crippen LogP) is 10.8. The third-order valence-electron chi connectivity index (χ3n) is 8.16. The monoisotopic (exact) mass is 581 g/mol. The summed E-state index contributed by atoms with van der Waals surface area (Å²) in [4.78, 5) is 14.8. The molecule has 0 saturated carbocycles. The molecule has 5 heteroatoms. The molecule has 3 aromatic heterocycles. The Morgan fingerprint density at radius 2 is 0.886 bits per heavy atom. The van der Waals surface area contributed by atoms with E-state index in [2.05, 4.69) is 72.8 Å². The molecule has 0 atom stereocenters. The Morgan fingerprint density at radius 3 is 1.57 bits per heavy atom. The van der Waals surface area contributed by atoms with Crippen molar-refractivity contribution in [1.29, 1.82) is 0 Å². The molecular formula is C39H23N3OS. The van der Waals surface area contributed by atoms with Gasteiger partial charge in [0.05, 0.1) is 5.56 Å². The standard InChI is InChI=1S/C39H23N3OS/c1-3-12-24(13-4-1)37-40-38(25-14-5-2-6-15-25)42-39(41-37)32-22-10-18-28-27-17-9-19-29(34(27)43-35(28)32)31-21-11-20-30-26-16-7-8-23-33(26)44-36(30)31/h1-23H. The SMILES string of the molecule is c1ccc(-c2nc(-c3ccccc3)nc(-c3cccc4c3oc3c(-c5cccc6c5sc5ccccc56)cccc34)n2)cc1. The first-order valence-corrected chi connectivity index (χ1v) is 15.4. The summed E-state index contributed by atoms with van der Waals surface area (Å²) < 4.78 is 9.39. The van der Waals surface area contributed by atoms with Crippen molar-refractivity contribution in [2.24, 2.45) is 0 Å². The predicted molar refractivity (Wildman–Crippen MR) is 182 cm³/mol. The first kappa shape index (κ1) is 24.9. The van der Waals surface area contributed by atoms with E-state index in [1.54, 1.807) is 0 Å². The molecule has 0 radical (unpaired) electrons. The third-order valence-corrected chi connectivity index (χ3v) is 9.38. The molecule has 0 fully saturated rings. The summed E-state index contributed by atoms with van der Waals surface area (Å²) >= 11 is 1.83. The van der Waals surface area contributed by atoms with Gasteiger partial charge in [-0.2, -0.15) is 0 Å². The molecule has 0 amide bonds. The Bertz CT molecular complexity index is 2440. The van der Waals surface area contributed by atoms with Crippen molar-refractivity contribution in [2.75, 3.05) is 0 Å². The molecule has 6 aromatic carbocycles. The van der Waals surface area contributed by atoms with E-state index in [9.17, 15) is 0 Å². The van der Waals surface area contributed by atoms with Crippen molar-refractivity contribution < 1.29 is 4.42 Å². The van der Waals surface area contributed by atoms with E-state index in [1.165, 1.54) is 25.7 Å². The van der Waals surface area contributed by atoms with Crippen molar-refractivity contribution in [1.82, 2.24) is 15.0 Å². The maximum atomic E-state index is 6.84. The minimum atomic E-state index is 0.579. The minimum Gasteiger partial charge on any atom is -0.455 e. The number of nitrogens with zero attached hydrogens (tertiary/aromatic N) is 3. The summed E-state index contributed by atoms with van der Waals surface area (Å²) in [5, 5.41) is 4.65. The Labute approximate surface area is 256 Å². The van der Waals surface area contributed by atoms with Crippen LogP contribution >= 0.6 is 11.3 Å². The highest BCUT2D eigenvalue weighted by atomic mass is 32.1. The Kier molecular flexibility index (Phi) is 5.64. The summed E-state index contributed by atoms with van der Waals surface area (Å²) in [6.45, 7) is 0. The van der Waals surface area contributed by atoms with Gasteiger partial charge in [0.25, 0.3) is 0 Å². The van der Waals surface area contributed by atoms with Crippen LogP contribution in [0, 0.1) is 0 Å². The zero-order chi connectivity index (χ0) is 29.0. The Balaban J connectivity index is 1.29. The maximum Gasteiger partial charge on any atom is 0.167 e. The smallest absolute Gasteiger partial charge is 0.167 e. The lowest BCUT2D eigenvalue weighted by Gasteiger charge is -2.08. The number of rotatable bonds is 4. The van der Waals surface area contributed by atoms with E-state index in [0.29, 0.717) is 17.5 Å². The second-order valence-corrected chi connectivity index (χ2v) is 11.8. The summed E-state index contributed by atoms with van der Waals surface area (Å²) in [6.07, 6.45) is 0. The number of benzene rings is 6. The van der Waals surface area contributed by atoms with E-state index < -0.39 is 0 Å². The van der Waals surface area contributed by atoms with Crippen LogP contribution in [0.5, 0.6) is 0 Å². The third kappa shape index (κ3) is 3.94. The van der Waals surface area contributed by atoms with Gasteiger partial charge >= 0.3 is 0 Å². The van der Waals surface area contributed by atoms with E-state index in [4.69, 9.17) is 19.4 Å². The van der Waals surface area contributed by atoms with Gasteiger partial charge in [-0.15, -0.1) is 11.3 Å². The molecule has 0 aliphatic carbocycles. The second kappa shape index (κ2) is 9.97. The molecule has 44 heavy (non-hydrogen) atoms. The van der Waals surface area contributed by atoms with Crippen LogP contribution in [0.15, 0.2) is 144 Å². The van der Waals surface area contributed by atoms with Crippen LogP contribution in [-0.2, 0) is 0 Å². The van der Waals surface area contributed by atoms with Gasteiger partial charge in [-0.1, -0.05) is 127 Å². The average Bonchev–Trinajstić information content (AvgIpc) is 3.68. The van der Waals surface area contributed by atoms with Crippen LogP contribution in [0.1, 0.15) is 0 Å². The zero-order valence-corrected chi connectivity index (χ0v) is 24.3. The highest BCUT2D eigenvalue weighted by molar-refractivity contribution is 7.26. The normalized spacial score (nSPS) is 11.6. The molecule has 206 valence electrons. The Hall–Kier alpha value is -5.65. The second-order valence-electron chi connectivity index (χ2n) is 10.8. The van der Waals surface area contributed by atoms with Gasteiger partial charge < -0.3 is 4.42 Å². The number of para-hydroxylation sites is 2. The first-order chi connectivity index (χ1) is 21.8. The number of aromatic nitrogens is 3. The molecule has 0 aliphatic heterocycles. The van der Waals surface area contributed by atoms with Crippen LogP contribution in [0.4, 0.5) is 0 Å². The average molecular weight is 582 g/mol. The fraction of sp³-hybridized carbons (Fsp3) is 0. The molecular weight excluding hydrogens is 559 g/mol. The van der Waals surface area contributed by atoms with Crippen LogP contribution in [0.25, 0.3) is 87.4 Å². The van der Waals surface area contributed by atoms with Crippen molar-refractivity contribution in [3.05, 3.63) is 140 Å². The molecule has 9 rings (SSSR count). The lowest BCUT2D eigenvalue weighted by atomic mass is 10.00. The summed E-state index contributed by atoms with van der Waals surface area (Å²) in [7, 11) is 0. The first-order valence-electron chi connectivity index (χ1n) is 14.5. The fourth-order valence-corrected chi connectivity index (χ4v) is 7.33. The van der Waals surface area contributed by atoms with Crippen LogP contribution in [0.3, 0.4) is 0 Å². The van der Waals surface area contributed by atoms with Gasteiger partial charge in [-0.3, -0.25) is 0 Å². The molecule has 0 spiro atoms. The number of thiophene rings is 1. The van der Waals surface area contributed by atoms with Gasteiger partial charge in [-0.25, -0.2) is 15.0 Å². The fourth-order valence-electron chi connectivity index (χ4n) is 6.10. The molecule has 0 bridgehead atoms. The molecule has 4 nitrogen and oxygen atoms in total. The van der Waals surface area contributed by atoms with Gasteiger partial charge in [0, 0.05) is 53.2 Å². The van der Waals surface area contributed by atoms with Crippen LogP contribution in [-0.4, -0.2) is 15.0 Å². The summed E-state index contributed by atoms with van der Waals surface area (Å²) in [5.74, 6) is 1.83. The van der Waals surface area contributed by atoms with Crippen LogP contribution in [0.2, 0.25) is 0 Å². The molecule has 9 aromatic rings. The number of hydrogen-bond acceptors (Lipinski definition) is 5. The molecule has 3 heterocycles. The van der Waals surface area contributed by atoms with Crippen molar-refractivity contribution in [2.45, 2.75) is 0 Å². The van der Waals surface area contributed by atoms with E-state index in [-0.39, 0.29) is 0 Å².